The van der Waals surface area contributed by atoms with Crippen molar-refractivity contribution in [1.82, 2.24) is 10.1 Å². The number of hydrogen-bond donors (Lipinski definition) is 0. The smallest absolute Gasteiger partial charge is 0.349 e. The van der Waals surface area contributed by atoms with Crippen molar-refractivity contribution in [1.29, 1.82) is 0 Å². The molecule has 0 aromatic heterocycles. The molecule has 0 amide bonds. The standard InChI is InChI=1S/C29H46N2O3/c1-26(2)19-13-20-27(3,4)30(26)33-24(23-15-10-9-11-16-23)17-12-18-25(32)34-31-28(5,6)21-14-22-29(31,7)8/h9-12,15-16,18,24H,13-14,17,19-22H2,1-8H3/b18-12+. The van der Waals surface area contributed by atoms with Crippen LogP contribution in [0.3, 0.4) is 0 Å². The van der Waals surface area contributed by atoms with Gasteiger partial charge in [-0.1, -0.05) is 36.4 Å². The summed E-state index contributed by atoms with van der Waals surface area (Å²) in [6.45, 7) is 17.6. The molecule has 5 nitrogen and oxygen atoms in total. The molecule has 5 heteroatoms. The van der Waals surface area contributed by atoms with Crippen LogP contribution in [0.2, 0.25) is 0 Å². The molecule has 1 unspecified atom stereocenters. The van der Waals surface area contributed by atoms with Crippen LogP contribution < -0.4 is 0 Å². The molecule has 0 N–H and O–H groups in total. The largest absolute Gasteiger partial charge is 0.363 e. The number of carbonyl (C=O) groups is 1. The minimum absolute atomic E-state index is 0.0527. The van der Waals surface area contributed by atoms with Gasteiger partial charge in [0.15, 0.2) is 0 Å². The quantitative estimate of drug-likeness (QED) is 0.396. The summed E-state index contributed by atoms with van der Waals surface area (Å²) in [5.74, 6) is -0.325. The molecule has 34 heavy (non-hydrogen) atoms. The molecule has 1 aromatic carbocycles. The Bertz CT molecular complexity index is 825. The third-order valence-corrected chi connectivity index (χ3v) is 7.54. The van der Waals surface area contributed by atoms with Gasteiger partial charge in [0.2, 0.25) is 0 Å². The zero-order valence-electron chi connectivity index (χ0n) is 22.7. The van der Waals surface area contributed by atoms with Gasteiger partial charge in [0.05, 0.1) is 11.1 Å². The Balaban J connectivity index is 1.73. The Morgan fingerprint density at radius 1 is 0.824 bits per heavy atom. The van der Waals surface area contributed by atoms with Gasteiger partial charge in [-0.05, 0) is 106 Å². The summed E-state index contributed by atoms with van der Waals surface area (Å²) in [7, 11) is 0. The van der Waals surface area contributed by atoms with E-state index in [-0.39, 0.29) is 34.2 Å². The van der Waals surface area contributed by atoms with E-state index in [0.717, 1.165) is 37.7 Å². The van der Waals surface area contributed by atoms with Gasteiger partial charge in [0, 0.05) is 17.2 Å². The van der Waals surface area contributed by atoms with Crippen molar-refractivity contribution < 1.29 is 14.5 Å². The fourth-order valence-electron chi connectivity index (χ4n) is 5.93. The zero-order valence-corrected chi connectivity index (χ0v) is 22.7. The van der Waals surface area contributed by atoms with Crippen LogP contribution in [-0.4, -0.2) is 38.3 Å². The first-order valence-electron chi connectivity index (χ1n) is 13.0. The van der Waals surface area contributed by atoms with Gasteiger partial charge in [-0.25, -0.2) is 4.79 Å². The third-order valence-electron chi connectivity index (χ3n) is 7.54. The number of nitrogens with zero attached hydrogens (tertiary/aromatic N) is 2. The monoisotopic (exact) mass is 470 g/mol. The second-order valence-corrected chi connectivity index (χ2v) is 12.6. The maximum atomic E-state index is 12.8. The van der Waals surface area contributed by atoms with Crippen LogP contribution in [-0.2, 0) is 14.5 Å². The number of carbonyl (C=O) groups excluding carboxylic acids is 1. The van der Waals surface area contributed by atoms with Crippen LogP contribution in [0.15, 0.2) is 42.5 Å². The predicted molar refractivity (Wildman–Crippen MR) is 138 cm³/mol. The van der Waals surface area contributed by atoms with Gasteiger partial charge in [0.1, 0.15) is 6.10 Å². The Morgan fingerprint density at radius 2 is 1.29 bits per heavy atom. The van der Waals surface area contributed by atoms with Gasteiger partial charge in [0.25, 0.3) is 0 Å². The SMILES string of the molecule is CC1(C)CCCC(C)(C)N1OC(=O)/C=C/CC(ON1C(C)(C)CCCC1(C)C)c1ccccc1. The van der Waals surface area contributed by atoms with E-state index in [1.165, 1.54) is 6.42 Å². The number of rotatable bonds is 7. The molecule has 2 saturated heterocycles. The highest BCUT2D eigenvalue weighted by Gasteiger charge is 2.45. The lowest BCUT2D eigenvalue weighted by Gasteiger charge is -2.52. The first-order valence-corrected chi connectivity index (χ1v) is 13.0. The van der Waals surface area contributed by atoms with Crippen LogP contribution in [0.1, 0.15) is 112 Å². The van der Waals surface area contributed by atoms with Crippen molar-refractivity contribution in [2.45, 2.75) is 129 Å². The van der Waals surface area contributed by atoms with Gasteiger partial charge in [-0.2, -0.15) is 5.06 Å². The molecule has 1 atom stereocenters. The highest BCUT2D eigenvalue weighted by Crippen LogP contribution is 2.41. The van der Waals surface area contributed by atoms with Crippen LogP contribution in [0, 0.1) is 0 Å². The molecule has 1 aromatic rings. The Hall–Kier alpha value is -1.69. The lowest BCUT2D eigenvalue weighted by Crippen LogP contribution is -2.58. The number of hydroxylamine groups is 4. The summed E-state index contributed by atoms with van der Waals surface area (Å²) in [6.07, 6.45) is 10.4. The van der Waals surface area contributed by atoms with Crippen molar-refractivity contribution >= 4 is 5.97 Å². The molecule has 0 spiro atoms. The minimum atomic E-state index is -0.325. The topological polar surface area (TPSA) is 42.0 Å². The van der Waals surface area contributed by atoms with E-state index < -0.39 is 0 Å². The molecular formula is C29H46N2O3. The maximum Gasteiger partial charge on any atom is 0.349 e. The molecule has 2 fully saturated rings. The van der Waals surface area contributed by atoms with Crippen molar-refractivity contribution in [2.75, 3.05) is 0 Å². The van der Waals surface area contributed by atoms with E-state index in [0.29, 0.717) is 6.42 Å². The molecule has 0 saturated carbocycles. The van der Waals surface area contributed by atoms with E-state index in [1.807, 2.05) is 29.3 Å². The molecule has 0 radical (unpaired) electrons. The van der Waals surface area contributed by atoms with E-state index in [4.69, 9.17) is 9.68 Å². The first kappa shape index (κ1) is 26.9. The molecule has 190 valence electrons. The van der Waals surface area contributed by atoms with Gasteiger partial charge < -0.3 is 4.84 Å². The molecule has 2 heterocycles. The van der Waals surface area contributed by atoms with E-state index >= 15 is 0 Å². The lowest BCUT2D eigenvalue weighted by atomic mass is 9.82. The van der Waals surface area contributed by atoms with Crippen molar-refractivity contribution in [3.8, 4) is 0 Å². The average Bonchev–Trinajstić information content (AvgIpc) is 2.72. The van der Waals surface area contributed by atoms with E-state index in [2.05, 4.69) is 72.6 Å². The highest BCUT2D eigenvalue weighted by molar-refractivity contribution is 5.81. The normalized spacial score (nSPS) is 25.2. The fraction of sp³-hybridized carbons (Fsp3) is 0.690. The van der Waals surface area contributed by atoms with Gasteiger partial charge in [-0.3, -0.25) is 4.84 Å². The summed E-state index contributed by atoms with van der Waals surface area (Å²) in [6, 6.07) is 10.3. The van der Waals surface area contributed by atoms with Crippen molar-refractivity contribution in [2.24, 2.45) is 0 Å². The molecular weight excluding hydrogens is 424 g/mol. The molecule has 2 aliphatic rings. The Labute approximate surface area is 207 Å². The molecule has 0 bridgehead atoms. The first-order chi connectivity index (χ1) is 15.7. The fourth-order valence-corrected chi connectivity index (χ4v) is 5.93. The number of hydrogen-bond acceptors (Lipinski definition) is 5. The molecule has 0 aliphatic carbocycles. The van der Waals surface area contributed by atoms with Crippen LogP contribution in [0.25, 0.3) is 0 Å². The predicted octanol–water partition coefficient (Wildman–Crippen LogP) is 7.15. The maximum absolute atomic E-state index is 12.8. The third kappa shape index (κ3) is 6.30. The second kappa shape index (κ2) is 10.1. The summed E-state index contributed by atoms with van der Waals surface area (Å²) in [5, 5.41) is 4.10. The highest BCUT2D eigenvalue weighted by atomic mass is 16.7. The summed E-state index contributed by atoms with van der Waals surface area (Å²) < 4.78 is 0. The summed E-state index contributed by atoms with van der Waals surface area (Å²) in [5.41, 5.74) is 0.653. The summed E-state index contributed by atoms with van der Waals surface area (Å²) >= 11 is 0. The number of benzene rings is 1. The second-order valence-electron chi connectivity index (χ2n) is 12.6. The van der Waals surface area contributed by atoms with E-state index in [9.17, 15) is 4.79 Å². The molecule has 3 rings (SSSR count). The van der Waals surface area contributed by atoms with Crippen molar-refractivity contribution in [3.63, 3.8) is 0 Å². The zero-order chi connectivity index (χ0) is 25.2. The summed E-state index contributed by atoms with van der Waals surface area (Å²) in [4.78, 5) is 25.4. The number of piperidine rings is 2. The van der Waals surface area contributed by atoms with Crippen LogP contribution >= 0.6 is 0 Å². The van der Waals surface area contributed by atoms with Crippen molar-refractivity contribution in [3.05, 3.63) is 48.0 Å². The Kier molecular flexibility index (Phi) is 8.01. The lowest BCUT2D eigenvalue weighted by molar-refractivity contribution is -0.306. The minimum Gasteiger partial charge on any atom is -0.363 e. The van der Waals surface area contributed by atoms with Gasteiger partial charge in [-0.15, -0.1) is 5.06 Å². The van der Waals surface area contributed by atoms with Gasteiger partial charge >= 0.3 is 5.97 Å². The van der Waals surface area contributed by atoms with Crippen LogP contribution in [0.4, 0.5) is 0 Å². The van der Waals surface area contributed by atoms with Crippen LogP contribution in [0.5, 0.6) is 0 Å². The Morgan fingerprint density at radius 3 is 1.79 bits per heavy atom. The average molecular weight is 471 g/mol. The van der Waals surface area contributed by atoms with E-state index in [1.54, 1.807) is 6.08 Å². The molecule has 2 aliphatic heterocycles.